The number of primary amides is 1. The molecule has 2 aromatic carbocycles. The predicted octanol–water partition coefficient (Wildman–Crippen LogP) is 3.24. The highest BCUT2D eigenvalue weighted by Gasteiger charge is 2.31. The van der Waals surface area contributed by atoms with Crippen LogP contribution in [0.4, 0.5) is 8.78 Å². The molecular weight excluding hydrogens is 462 g/mol. The van der Waals surface area contributed by atoms with Crippen LogP contribution in [-0.2, 0) is 16.0 Å². The zero-order valence-corrected chi connectivity index (χ0v) is 20.1. The highest BCUT2D eigenvalue weighted by atomic mass is 35.5. The van der Waals surface area contributed by atoms with E-state index in [9.17, 15) is 18.4 Å². The van der Waals surface area contributed by atoms with Crippen molar-refractivity contribution < 1.29 is 18.4 Å². The monoisotopic (exact) mass is 492 g/mol. The fourth-order valence-electron chi connectivity index (χ4n) is 4.33. The zero-order valence-electron chi connectivity index (χ0n) is 19.4. The summed E-state index contributed by atoms with van der Waals surface area (Å²) >= 11 is 5.91. The molecule has 0 aromatic heterocycles. The molecule has 1 aliphatic heterocycles. The normalized spacial score (nSPS) is 15.5. The molecule has 6 nitrogen and oxygen atoms in total. The first-order chi connectivity index (χ1) is 16.3. The summed E-state index contributed by atoms with van der Waals surface area (Å²) in [7, 11) is 0. The fraction of sp³-hybridized carbons (Fsp3) is 0.440. The van der Waals surface area contributed by atoms with Gasteiger partial charge in [0, 0.05) is 49.7 Å². The van der Waals surface area contributed by atoms with Crippen LogP contribution in [0.2, 0.25) is 5.02 Å². The molecule has 0 bridgehead atoms. The molecule has 184 valence electrons. The van der Waals surface area contributed by atoms with Gasteiger partial charge in [-0.25, -0.2) is 8.78 Å². The average molecular weight is 493 g/mol. The van der Waals surface area contributed by atoms with Gasteiger partial charge in [0.2, 0.25) is 11.8 Å². The first kappa shape index (κ1) is 26.1. The van der Waals surface area contributed by atoms with E-state index < -0.39 is 23.6 Å². The van der Waals surface area contributed by atoms with Crippen LogP contribution in [0.1, 0.15) is 30.5 Å². The van der Waals surface area contributed by atoms with Gasteiger partial charge in [0.1, 0.15) is 11.6 Å². The summed E-state index contributed by atoms with van der Waals surface area (Å²) in [5.74, 6) is -1.69. The van der Waals surface area contributed by atoms with E-state index in [2.05, 4.69) is 0 Å². The van der Waals surface area contributed by atoms with Gasteiger partial charge < -0.3 is 10.6 Å². The third-order valence-corrected chi connectivity index (χ3v) is 6.49. The van der Waals surface area contributed by atoms with Crippen molar-refractivity contribution in [3.8, 4) is 0 Å². The molecule has 3 rings (SSSR count). The maximum atomic E-state index is 14.7. The van der Waals surface area contributed by atoms with Gasteiger partial charge in [-0.05, 0) is 42.8 Å². The average Bonchev–Trinajstić information content (AvgIpc) is 2.82. The Morgan fingerprint density at radius 2 is 1.68 bits per heavy atom. The summed E-state index contributed by atoms with van der Waals surface area (Å²) in [5.41, 5.74) is 6.38. The Kier molecular flexibility index (Phi) is 9.38. The molecule has 1 unspecified atom stereocenters. The van der Waals surface area contributed by atoms with Crippen LogP contribution >= 0.6 is 11.6 Å². The van der Waals surface area contributed by atoms with Crippen LogP contribution in [0.25, 0.3) is 0 Å². The summed E-state index contributed by atoms with van der Waals surface area (Å²) in [6, 6.07) is 10.6. The van der Waals surface area contributed by atoms with E-state index in [-0.39, 0.29) is 24.6 Å². The molecule has 34 heavy (non-hydrogen) atoms. The number of benzene rings is 2. The third-order valence-electron chi connectivity index (χ3n) is 6.24. The van der Waals surface area contributed by atoms with Crippen molar-refractivity contribution in [2.45, 2.75) is 25.8 Å². The van der Waals surface area contributed by atoms with Crippen molar-refractivity contribution in [3.63, 3.8) is 0 Å². The molecule has 2 N–H and O–H groups in total. The van der Waals surface area contributed by atoms with E-state index in [1.165, 1.54) is 18.2 Å². The number of nitrogens with zero attached hydrogens (tertiary/aromatic N) is 3. The van der Waals surface area contributed by atoms with Crippen LogP contribution in [0, 0.1) is 11.6 Å². The molecule has 9 heteroatoms. The first-order valence-electron chi connectivity index (χ1n) is 11.5. The SMILES string of the molecule is CCN(CC(N)=O)CC(c1c(F)cccc1F)N1CCN(C(=O)CCc2ccc(Cl)cc2)CC1. The Morgan fingerprint density at radius 3 is 2.24 bits per heavy atom. The van der Waals surface area contributed by atoms with Crippen molar-refractivity contribution in [1.29, 1.82) is 0 Å². The van der Waals surface area contributed by atoms with Crippen LogP contribution in [0.5, 0.6) is 0 Å². The fourth-order valence-corrected chi connectivity index (χ4v) is 4.46. The second-order valence-corrected chi connectivity index (χ2v) is 8.92. The number of piperazine rings is 1. The molecule has 2 amide bonds. The lowest BCUT2D eigenvalue weighted by atomic mass is 10.0. The minimum absolute atomic E-state index is 0.00617. The predicted molar refractivity (Wildman–Crippen MR) is 128 cm³/mol. The second-order valence-electron chi connectivity index (χ2n) is 8.49. The molecular formula is C25H31ClF2N4O2. The highest BCUT2D eigenvalue weighted by molar-refractivity contribution is 6.30. The molecule has 0 radical (unpaired) electrons. The van der Waals surface area contributed by atoms with Crippen LogP contribution in [-0.4, -0.2) is 72.3 Å². The molecule has 1 atom stereocenters. The number of carbonyl (C=O) groups excluding carboxylic acids is 2. The van der Waals surface area contributed by atoms with Gasteiger partial charge in [-0.15, -0.1) is 0 Å². The van der Waals surface area contributed by atoms with E-state index in [1.54, 1.807) is 21.9 Å². The number of likely N-dealkylation sites (N-methyl/N-ethyl adjacent to an activating group) is 1. The standard InChI is InChI=1S/C25H31ClF2N4O2/c1-2-30(17-23(29)33)16-22(25-20(27)4-3-5-21(25)28)31-12-14-32(15-13-31)24(34)11-8-18-6-9-19(26)10-7-18/h3-7,9-10,22H,2,8,11-17H2,1H3,(H2,29,33). The van der Waals surface area contributed by atoms with E-state index >= 15 is 0 Å². The molecule has 1 saturated heterocycles. The highest BCUT2D eigenvalue weighted by Crippen LogP contribution is 2.28. The molecule has 1 fully saturated rings. The molecule has 2 aromatic rings. The minimum atomic E-state index is -0.624. The molecule has 1 aliphatic rings. The first-order valence-corrected chi connectivity index (χ1v) is 11.9. The molecule has 1 heterocycles. The topological polar surface area (TPSA) is 69.9 Å². The number of hydrogen-bond acceptors (Lipinski definition) is 4. The summed E-state index contributed by atoms with van der Waals surface area (Å²) in [5, 5.41) is 0.657. The number of hydrogen-bond donors (Lipinski definition) is 1. The van der Waals surface area contributed by atoms with Crippen LogP contribution in [0.3, 0.4) is 0 Å². The van der Waals surface area contributed by atoms with Crippen LogP contribution < -0.4 is 5.73 Å². The van der Waals surface area contributed by atoms with Crippen molar-refractivity contribution in [2.75, 3.05) is 45.8 Å². The maximum Gasteiger partial charge on any atom is 0.231 e. The lowest BCUT2D eigenvalue weighted by Gasteiger charge is -2.41. The smallest absolute Gasteiger partial charge is 0.231 e. The molecule has 0 saturated carbocycles. The Bertz CT molecular complexity index is 961. The van der Waals surface area contributed by atoms with Gasteiger partial charge in [-0.1, -0.05) is 36.7 Å². The van der Waals surface area contributed by atoms with Gasteiger partial charge in [-0.3, -0.25) is 19.4 Å². The van der Waals surface area contributed by atoms with Crippen molar-refractivity contribution in [2.24, 2.45) is 5.73 Å². The number of amides is 2. The third kappa shape index (κ3) is 6.98. The summed E-state index contributed by atoms with van der Waals surface area (Å²) in [6.45, 7) is 4.52. The number of halogens is 3. The molecule has 0 aliphatic carbocycles. The Morgan fingerprint density at radius 1 is 1.06 bits per heavy atom. The zero-order chi connectivity index (χ0) is 24.7. The quantitative estimate of drug-likeness (QED) is 0.553. The van der Waals surface area contributed by atoms with Crippen LogP contribution in [0.15, 0.2) is 42.5 Å². The largest absolute Gasteiger partial charge is 0.369 e. The summed E-state index contributed by atoms with van der Waals surface area (Å²) in [6.07, 6.45) is 1.01. The lowest BCUT2D eigenvalue weighted by Crippen LogP contribution is -2.52. The number of rotatable bonds is 10. The molecule has 0 spiro atoms. The maximum absolute atomic E-state index is 14.7. The lowest BCUT2D eigenvalue weighted by molar-refractivity contribution is -0.133. The number of carbonyl (C=O) groups is 2. The van der Waals surface area contributed by atoms with E-state index in [0.29, 0.717) is 50.6 Å². The van der Waals surface area contributed by atoms with Crippen molar-refractivity contribution in [1.82, 2.24) is 14.7 Å². The minimum Gasteiger partial charge on any atom is -0.369 e. The Labute approximate surface area is 204 Å². The van der Waals surface area contributed by atoms with Gasteiger partial charge in [0.15, 0.2) is 0 Å². The van der Waals surface area contributed by atoms with Crippen molar-refractivity contribution in [3.05, 3.63) is 70.2 Å². The Balaban J connectivity index is 1.66. The van der Waals surface area contributed by atoms with Gasteiger partial charge in [-0.2, -0.15) is 0 Å². The second kappa shape index (κ2) is 12.2. The number of aryl methyl sites for hydroxylation is 1. The van der Waals surface area contributed by atoms with Gasteiger partial charge >= 0.3 is 0 Å². The summed E-state index contributed by atoms with van der Waals surface area (Å²) in [4.78, 5) is 29.8. The van der Waals surface area contributed by atoms with Gasteiger partial charge in [0.05, 0.1) is 12.6 Å². The number of nitrogens with two attached hydrogens (primary N) is 1. The van der Waals surface area contributed by atoms with E-state index in [0.717, 1.165) is 5.56 Å². The van der Waals surface area contributed by atoms with Crippen molar-refractivity contribution >= 4 is 23.4 Å². The van der Waals surface area contributed by atoms with E-state index in [1.807, 2.05) is 24.0 Å². The summed E-state index contributed by atoms with van der Waals surface area (Å²) < 4.78 is 29.4. The van der Waals surface area contributed by atoms with Gasteiger partial charge in [0.25, 0.3) is 0 Å². The van der Waals surface area contributed by atoms with E-state index in [4.69, 9.17) is 17.3 Å². The Hall–Kier alpha value is -2.55.